The number of carbonyl (C=O) groups is 1. The maximum Gasteiger partial charge on any atom is 0.215 e. The van der Waals surface area contributed by atoms with E-state index in [1.165, 1.54) is 30.6 Å². The number of hydrogen-bond donors (Lipinski definition) is 0. The fourth-order valence-corrected chi connectivity index (χ4v) is 6.56. The molecule has 0 radical (unpaired) electrons. The minimum atomic E-state index is -3.66. The predicted molar refractivity (Wildman–Crippen MR) is 96.8 cm³/mol. The summed E-state index contributed by atoms with van der Waals surface area (Å²) in [6.45, 7) is 4.09. The Kier molecular flexibility index (Phi) is 4.68. The number of ketones is 1. The second kappa shape index (κ2) is 6.30. The molecule has 2 fully saturated rings. The number of rotatable bonds is 6. The predicted octanol–water partition coefficient (Wildman–Crippen LogP) is 2.99. The summed E-state index contributed by atoms with van der Waals surface area (Å²) in [5.74, 6) is -0.233. The van der Waals surface area contributed by atoms with Gasteiger partial charge < -0.3 is 4.74 Å². The highest BCUT2D eigenvalue weighted by Crippen LogP contribution is 2.64. The zero-order valence-electron chi connectivity index (χ0n) is 15.7. The highest BCUT2D eigenvalue weighted by molar-refractivity contribution is 7.89. The lowest BCUT2D eigenvalue weighted by Gasteiger charge is -2.37. The molecule has 7 heteroatoms. The largest absolute Gasteiger partial charge is 0.494 e. The van der Waals surface area contributed by atoms with Crippen LogP contribution in [0.2, 0.25) is 0 Å². The Morgan fingerprint density at radius 2 is 2.04 bits per heavy atom. The molecule has 26 heavy (non-hydrogen) atoms. The minimum Gasteiger partial charge on any atom is -0.494 e. The first-order valence-electron chi connectivity index (χ1n) is 8.83. The molecule has 0 N–H and O–H groups in total. The van der Waals surface area contributed by atoms with Crippen LogP contribution in [-0.2, 0) is 21.4 Å². The summed E-state index contributed by atoms with van der Waals surface area (Å²) in [6.07, 6.45) is 2.02. The number of ether oxygens (including phenoxy) is 1. The molecule has 1 aromatic carbocycles. The Bertz CT molecular complexity index is 836. The third-order valence-corrected chi connectivity index (χ3v) is 8.60. The smallest absolute Gasteiger partial charge is 0.215 e. The van der Waals surface area contributed by atoms with Crippen LogP contribution in [0.25, 0.3) is 0 Å². The number of Topliss-reactive ketones (excluding diaryl/α,β-unsaturated/α-hetero) is 1. The van der Waals surface area contributed by atoms with E-state index >= 15 is 0 Å². The molecule has 1 aromatic rings. The first-order chi connectivity index (χ1) is 12.0. The average Bonchev–Trinajstić information content (AvgIpc) is 2.89. The van der Waals surface area contributed by atoms with Gasteiger partial charge >= 0.3 is 0 Å². The van der Waals surface area contributed by atoms with E-state index in [9.17, 15) is 17.6 Å². The Hall–Kier alpha value is -1.47. The average molecular weight is 383 g/mol. The maximum absolute atomic E-state index is 13.9. The van der Waals surface area contributed by atoms with Crippen molar-refractivity contribution in [1.82, 2.24) is 4.31 Å². The molecule has 0 saturated heterocycles. The van der Waals surface area contributed by atoms with Crippen LogP contribution in [0.4, 0.5) is 4.39 Å². The van der Waals surface area contributed by atoms with Gasteiger partial charge in [-0.25, -0.2) is 17.1 Å². The first-order valence-corrected chi connectivity index (χ1v) is 10.4. The van der Waals surface area contributed by atoms with E-state index in [2.05, 4.69) is 0 Å². The van der Waals surface area contributed by atoms with Crippen molar-refractivity contribution in [3.8, 4) is 5.75 Å². The standard InChI is InChI=1S/C19H26FNO4S/c1-18(2)14-7-8-19(18,17(22)10-14)12-26(23,24)21(3)11-13-5-6-16(25-4)15(20)9-13/h5-6,9,14H,7-8,10-12H2,1-4H3/t14-,19-/m0/s1. The van der Waals surface area contributed by atoms with Gasteiger partial charge in [-0.15, -0.1) is 0 Å². The zero-order valence-corrected chi connectivity index (χ0v) is 16.5. The molecular weight excluding hydrogens is 357 g/mol. The van der Waals surface area contributed by atoms with E-state index < -0.39 is 21.3 Å². The van der Waals surface area contributed by atoms with Crippen molar-refractivity contribution in [2.45, 2.75) is 39.7 Å². The molecule has 0 amide bonds. The number of halogens is 1. The lowest BCUT2D eigenvalue weighted by atomic mass is 9.70. The fourth-order valence-electron chi connectivity index (χ4n) is 4.69. The van der Waals surface area contributed by atoms with Gasteiger partial charge in [0, 0.05) is 25.4 Å². The molecule has 0 spiro atoms. The van der Waals surface area contributed by atoms with Crippen LogP contribution in [0.1, 0.15) is 38.7 Å². The molecule has 0 unspecified atom stereocenters. The molecule has 2 aliphatic carbocycles. The lowest BCUT2D eigenvalue weighted by Crippen LogP contribution is -2.45. The molecule has 5 nitrogen and oxygen atoms in total. The minimum absolute atomic E-state index is 0.0530. The summed E-state index contributed by atoms with van der Waals surface area (Å²) in [5, 5.41) is 0. The first kappa shape index (κ1) is 19.3. The number of nitrogens with zero attached hydrogens (tertiary/aromatic N) is 1. The van der Waals surface area contributed by atoms with Crippen LogP contribution in [0.15, 0.2) is 18.2 Å². The molecule has 2 aliphatic rings. The highest BCUT2D eigenvalue weighted by Gasteiger charge is 2.65. The second-order valence-corrected chi connectivity index (χ2v) is 10.2. The van der Waals surface area contributed by atoms with Gasteiger partial charge in [-0.3, -0.25) is 4.79 Å². The van der Waals surface area contributed by atoms with Gasteiger partial charge in [0.15, 0.2) is 11.6 Å². The van der Waals surface area contributed by atoms with Gasteiger partial charge in [0.1, 0.15) is 5.78 Å². The third-order valence-electron chi connectivity index (χ3n) is 6.66. The topological polar surface area (TPSA) is 63.7 Å². The van der Waals surface area contributed by atoms with Crippen LogP contribution < -0.4 is 4.74 Å². The van der Waals surface area contributed by atoms with Gasteiger partial charge in [-0.1, -0.05) is 19.9 Å². The van der Waals surface area contributed by atoms with E-state index in [1.54, 1.807) is 6.07 Å². The van der Waals surface area contributed by atoms with E-state index in [0.717, 1.165) is 6.42 Å². The number of hydrogen-bond acceptors (Lipinski definition) is 4. The van der Waals surface area contributed by atoms with Crippen LogP contribution in [0.3, 0.4) is 0 Å². The quantitative estimate of drug-likeness (QED) is 0.758. The van der Waals surface area contributed by atoms with Crippen LogP contribution in [0, 0.1) is 22.6 Å². The third kappa shape index (κ3) is 2.85. The second-order valence-electron chi connectivity index (χ2n) is 8.15. The normalized spacial score (nSPS) is 27.3. The molecule has 2 atom stereocenters. The molecule has 2 saturated carbocycles. The SMILES string of the molecule is COc1ccc(CN(C)S(=O)(=O)C[C@@]23CC[C@@H](CC2=O)C3(C)C)cc1F. The van der Waals surface area contributed by atoms with Gasteiger partial charge in [-0.05, 0) is 41.9 Å². The molecule has 0 heterocycles. The monoisotopic (exact) mass is 383 g/mol. The van der Waals surface area contributed by atoms with E-state index in [0.29, 0.717) is 18.4 Å². The highest BCUT2D eigenvalue weighted by atomic mass is 32.2. The van der Waals surface area contributed by atoms with E-state index in [1.807, 2.05) is 13.8 Å². The van der Waals surface area contributed by atoms with E-state index in [-0.39, 0.29) is 35.2 Å². The molecular formula is C19H26FNO4S. The Morgan fingerprint density at radius 1 is 1.35 bits per heavy atom. The van der Waals surface area contributed by atoms with Crippen molar-refractivity contribution in [3.63, 3.8) is 0 Å². The van der Waals surface area contributed by atoms with Crippen molar-refractivity contribution >= 4 is 15.8 Å². The number of methoxy groups -OCH3 is 1. The van der Waals surface area contributed by atoms with Crippen LogP contribution in [-0.4, -0.2) is 38.4 Å². The molecule has 0 aliphatic heterocycles. The Labute approximate surface area is 154 Å². The molecule has 0 aromatic heterocycles. The Balaban J connectivity index is 1.80. The molecule has 144 valence electrons. The van der Waals surface area contributed by atoms with Crippen molar-refractivity contribution in [2.75, 3.05) is 19.9 Å². The van der Waals surface area contributed by atoms with Crippen LogP contribution in [0.5, 0.6) is 5.75 Å². The van der Waals surface area contributed by atoms with Gasteiger partial charge in [-0.2, -0.15) is 0 Å². The van der Waals surface area contributed by atoms with Crippen molar-refractivity contribution in [3.05, 3.63) is 29.6 Å². The van der Waals surface area contributed by atoms with Gasteiger partial charge in [0.2, 0.25) is 10.0 Å². The van der Waals surface area contributed by atoms with Crippen molar-refractivity contribution < 1.29 is 22.3 Å². The van der Waals surface area contributed by atoms with Crippen molar-refractivity contribution in [1.29, 1.82) is 0 Å². The zero-order chi connectivity index (χ0) is 19.3. The summed E-state index contributed by atoms with van der Waals surface area (Å²) in [7, 11) is -0.802. The molecule has 2 bridgehead atoms. The fraction of sp³-hybridized carbons (Fsp3) is 0.632. The van der Waals surface area contributed by atoms with Gasteiger partial charge in [0.25, 0.3) is 0 Å². The number of benzene rings is 1. The number of fused-ring (bicyclic) bond motifs is 2. The maximum atomic E-state index is 13.9. The molecule has 3 rings (SSSR count). The Morgan fingerprint density at radius 3 is 2.54 bits per heavy atom. The summed E-state index contributed by atoms with van der Waals surface area (Å²) in [4.78, 5) is 12.6. The lowest BCUT2D eigenvalue weighted by molar-refractivity contribution is -0.128. The number of sulfonamides is 1. The number of carbonyl (C=O) groups excluding carboxylic acids is 1. The summed E-state index contributed by atoms with van der Waals surface area (Å²) < 4.78 is 45.9. The van der Waals surface area contributed by atoms with Crippen molar-refractivity contribution in [2.24, 2.45) is 16.7 Å². The van der Waals surface area contributed by atoms with E-state index in [4.69, 9.17) is 4.74 Å². The van der Waals surface area contributed by atoms with Gasteiger partial charge in [0.05, 0.1) is 12.9 Å². The summed E-state index contributed by atoms with van der Waals surface area (Å²) >= 11 is 0. The summed E-state index contributed by atoms with van der Waals surface area (Å²) in [5.41, 5.74) is -0.562. The van der Waals surface area contributed by atoms with Crippen LogP contribution >= 0.6 is 0 Å². The summed E-state index contributed by atoms with van der Waals surface area (Å²) in [6, 6.07) is 4.40.